The van der Waals surface area contributed by atoms with Gasteiger partial charge in [-0.2, -0.15) is 0 Å². The van der Waals surface area contributed by atoms with Gasteiger partial charge in [0, 0.05) is 13.1 Å². The van der Waals surface area contributed by atoms with Crippen LogP contribution in [0, 0.1) is 0 Å². The van der Waals surface area contributed by atoms with E-state index in [9.17, 15) is 5.11 Å². The van der Waals surface area contributed by atoms with Crippen LogP contribution in [0.25, 0.3) is 0 Å². The van der Waals surface area contributed by atoms with Crippen LogP contribution in [-0.4, -0.2) is 53.8 Å². The molecule has 108 valence electrons. The first-order valence-corrected chi connectivity index (χ1v) is 6.47. The maximum Gasteiger partial charge on any atom is 0.0897 e. The van der Waals surface area contributed by atoms with Crippen LogP contribution in [0.4, 0.5) is 0 Å². The average molecular weight is 269 g/mol. The van der Waals surface area contributed by atoms with Crippen molar-refractivity contribution in [2.75, 3.05) is 26.3 Å². The highest BCUT2D eigenvalue weighted by Crippen LogP contribution is 2.15. The summed E-state index contributed by atoms with van der Waals surface area (Å²) in [4.78, 5) is 0. The van der Waals surface area contributed by atoms with Crippen molar-refractivity contribution in [3.63, 3.8) is 0 Å². The number of ether oxygens (including phenoxy) is 1. The minimum absolute atomic E-state index is 0.0705. The topological polar surface area (TPSA) is 82.0 Å². The molecule has 0 saturated carbocycles. The molecule has 0 aliphatic heterocycles. The van der Waals surface area contributed by atoms with Crippen LogP contribution in [0.5, 0.6) is 0 Å². The van der Waals surface area contributed by atoms with Crippen molar-refractivity contribution in [1.82, 2.24) is 5.32 Å². The Morgan fingerprint density at radius 2 is 1.74 bits per heavy atom. The van der Waals surface area contributed by atoms with Gasteiger partial charge in [0.25, 0.3) is 0 Å². The van der Waals surface area contributed by atoms with Gasteiger partial charge in [0.2, 0.25) is 0 Å². The summed E-state index contributed by atoms with van der Waals surface area (Å²) >= 11 is 0. The smallest absolute Gasteiger partial charge is 0.0897 e. The van der Waals surface area contributed by atoms with Crippen molar-refractivity contribution in [1.29, 1.82) is 0 Å². The predicted octanol–water partition coefficient (Wildman–Crippen LogP) is 0.0679. The van der Waals surface area contributed by atoms with Gasteiger partial charge >= 0.3 is 0 Å². The van der Waals surface area contributed by atoms with Gasteiger partial charge in [0.1, 0.15) is 0 Å². The zero-order valence-electron chi connectivity index (χ0n) is 11.2. The van der Waals surface area contributed by atoms with Gasteiger partial charge in [-0.05, 0) is 12.5 Å². The van der Waals surface area contributed by atoms with Crippen molar-refractivity contribution in [3.05, 3.63) is 35.9 Å². The molecule has 0 fully saturated rings. The van der Waals surface area contributed by atoms with Gasteiger partial charge in [0.05, 0.1) is 31.5 Å². The van der Waals surface area contributed by atoms with Gasteiger partial charge in [-0.1, -0.05) is 30.3 Å². The first-order chi connectivity index (χ1) is 9.13. The monoisotopic (exact) mass is 269 g/mol. The first-order valence-electron chi connectivity index (χ1n) is 6.47. The van der Waals surface area contributed by atoms with E-state index in [1.807, 2.05) is 37.3 Å². The minimum atomic E-state index is -0.795. The Kier molecular flexibility index (Phi) is 7.62. The van der Waals surface area contributed by atoms with Gasteiger partial charge < -0.3 is 25.4 Å². The molecular weight excluding hydrogens is 246 g/mol. The molecule has 0 amide bonds. The van der Waals surface area contributed by atoms with E-state index >= 15 is 0 Å². The van der Waals surface area contributed by atoms with E-state index in [1.165, 1.54) is 0 Å². The van der Waals surface area contributed by atoms with Crippen molar-refractivity contribution in [2.24, 2.45) is 0 Å². The second kappa shape index (κ2) is 9.01. The van der Waals surface area contributed by atoms with E-state index in [2.05, 4.69) is 5.32 Å². The van der Waals surface area contributed by atoms with Crippen LogP contribution in [-0.2, 0) is 4.74 Å². The molecule has 3 atom stereocenters. The molecule has 4 N–H and O–H groups in total. The Morgan fingerprint density at radius 1 is 1.11 bits per heavy atom. The molecule has 19 heavy (non-hydrogen) atoms. The zero-order valence-corrected chi connectivity index (χ0v) is 11.2. The lowest BCUT2D eigenvalue weighted by Crippen LogP contribution is -2.36. The van der Waals surface area contributed by atoms with Crippen LogP contribution in [0.3, 0.4) is 0 Å². The average Bonchev–Trinajstić information content (AvgIpc) is 2.45. The largest absolute Gasteiger partial charge is 0.394 e. The van der Waals surface area contributed by atoms with E-state index in [-0.39, 0.29) is 25.9 Å². The molecular formula is C14H23NO4. The second-order valence-corrected chi connectivity index (χ2v) is 4.53. The Bertz CT molecular complexity index is 333. The van der Waals surface area contributed by atoms with Crippen molar-refractivity contribution in [2.45, 2.75) is 25.2 Å². The summed E-state index contributed by atoms with van der Waals surface area (Å²) in [6.45, 7) is 2.44. The molecule has 0 bridgehead atoms. The molecule has 0 aromatic heterocycles. The highest BCUT2D eigenvalue weighted by atomic mass is 16.5. The molecule has 0 spiro atoms. The lowest BCUT2D eigenvalue weighted by Gasteiger charge is -2.17. The summed E-state index contributed by atoms with van der Waals surface area (Å²) in [5.41, 5.74) is 1.07. The Hall–Kier alpha value is -0.980. The lowest BCUT2D eigenvalue weighted by molar-refractivity contribution is -0.00351. The fraction of sp³-hybridized carbons (Fsp3) is 0.571. The van der Waals surface area contributed by atoms with Crippen LogP contribution in [0.2, 0.25) is 0 Å². The summed E-state index contributed by atoms with van der Waals surface area (Å²) in [6, 6.07) is 9.80. The maximum absolute atomic E-state index is 9.70. The van der Waals surface area contributed by atoms with Crippen molar-refractivity contribution in [3.8, 4) is 0 Å². The lowest BCUT2D eigenvalue weighted by atomic mass is 10.1. The molecule has 5 nitrogen and oxygen atoms in total. The minimum Gasteiger partial charge on any atom is -0.394 e. The summed E-state index contributed by atoms with van der Waals surface area (Å²) in [7, 11) is 0. The fourth-order valence-electron chi connectivity index (χ4n) is 1.62. The number of hydrogen-bond acceptors (Lipinski definition) is 5. The number of hydrogen-bond donors (Lipinski definition) is 4. The van der Waals surface area contributed by atoms with Gasteiger partial charge in [-0.15, -0.1) is 0 Å². The standard InChI is InChI=1S/C14H23NO4/c1-11(12-5-3-2-4-6-12)19-10-14(18)8-15-7-13(17)9-16/h2-6,11,13-18H,7-10H2,1H3. The van der Waals surface area contributed by atoms with E-state index in [0.717, 1.165) is 5.56 Å². The molecule has 1 aromatic rings. The van der Waals surface area contributed by atoms with Gasteiger partial charge in [-0.3, -0.25) is 0 Å². The van der Waals surface area contributed by atoms with E-state index in [0.29, 0.717) is 6.54 Å². The molecule has 1 rings (SSSR count). The molecule has 0 aliphatic carbocycles. The molecule has 0 radical (unpaired) electrons. The summed E-state index contributed by atoms with van der Waals surface area (Å²) in [5.74, 6) is 0. The molecule has 0 aliphatic rings. The van der Waals surface area contributed by atoms with Crippen LogP contribution in [0.1, 0.15) is 18.6 Å². The first kappa shape index (κ1) is 16.1. The SMILES string of the molecule is CC(OCC(O)CNCC(O)CO)c1ccccc1. The number of benzene rings is 1. The van der Waals surface area contributed by atoms with Crippen molar-refractivity contribution >= 4 is 0 Å². The quantitative estimate of drug-likeness (QED) is 0.510. The normalized spacial score (nSPS) is 16.0. The number of rotatable bonds is 9. The highest BCUT2D eigenvalue weighted by Gasteiger charge is 2.10. The third kappa shape index (κ3) is 6.66. The number of nitrogens with one attached hydrogen (secondary N) is 1. The van der Waals surface area contributed by atoms with E-state index < -0.39 is 12.2 Å². The van der Waals surface area contributed by atoms with Crippen LogP contribution in [0.15, 0.2) is 30.3 Å². The third-order valence-electron chi connectivity index (χ3n) is 2.78. The third-order valence-corrected chi connectivity index (χ3v) is 2.78. The molecule has 0 heterocycles. The summed E-state index contributed by atoms with van der Waals surface area (Å²) < 4.78 is 5.57. The Balaban J connectivity index is 2.17. The van der Waals surface area contributed by atoms with Crippen LogP contribution >= 0.6 is 0 Å². The van der Waals surface area contributed by atoms with Gasteiger partial charge in [-0.25, -0.2) is 0 Å². The van der Waals surface area contributed by atoms with E-state index in [4.69, 9.17) is 14.9 Å². The van der Waals surface area contributed by atoms with Crippen molar-refractivity contribution < 1.29 is 20.1 Å². The maximum atomic E-state index is 9.70. The van der Waals surface area contributed by atoms with Crippen LogP contribution < -0.4 is 5.32 Å². The molecule has 5 heteroatoms. The van der Waals surface area contributed by atoms with Gasteiger partial charge in [0.15, 0.2) is 0 Å². The second-order valence-electron chi connectivity index (χ2n) is 4.53. The molecule has 3 unspecified atom stereocenters. The molecule has 1 aromatic carbocycles. The van der Waals surface area contributed by atoms with E-state index in [1.54, 1.807) is 0 Å². The highest BCUT2D eigenvalue weighted by molar-refractivity contribution is 5.16. The Labute approximate surface area is 113 Å². The summed E-state index contributed by atoms with van der Waals surface area (Å²) in [5, 5.41) is 30.3. The fourth-order valence-corrected chi connectivity index (χ4v) is 1.62. The zero-order chi connectivity index (χ0) is 14.1. The molecule has 0 saturated heterocycles. The Morgan fingerprint density at radius 3 is 2.37 bits per heavy atom. The number of aliphatic hydroxyl groups is 3. The number of aliphatic hydroxyl groups excluding tert-OH is 3. The predicted molar refractivity (Wildman–Crippen MR) is 72.8 cm³/mol. The summed E-state index contributed by atoms with van der Waals surface area (Å²) in [6.07, 6.45) is -1.51.